The number of aromatic nitrogens is 2. The second kappa shape index (κ2) is 6.00. The maximum atomic E-state index is 12.0. The van der Waals surface area contributed by atoms with E-state index in [0.29, 0.717) is 10.6 Å². The van der Waals surface area contributed by atoms with Gasteiger partial charge in [0.15, 0.2) is 4.34 Å². The summed E-state index contributed by atoms with van der Waals surface area (Å²) in [4.78, 5) is 0.313. The van der Waals surface area contributed by atoms with Crippen LogP contribution in [0.4, 0.5) is 0 Å². The first kappa shape index (κ1) is 14.4. The van der Waals surface area contributed by atoms with E-state index in [2.05, 4.69) is 10.2 Å². The van der Waals surface area contributed by atoms with Gasteiger partial charge in [-0.3, -0.25) is 0 Å². The molecule has 5 nitrogen and oxygen atoms in total. The van der Waals surface area contributed by atoms with E-state index in [1.807, 2.05) is 6.07 Å². The van der Waals surface area contributed by atoms with Gasteiger partial charge in [0.1, 0.15) is 5.51 Å². The minimum atomic E-state index is -3.37. The minimum Gasteiger partial charge on any atom is -0.207 e. The Morgan fingerprint density at radius 2 is 2.16 bits per heavy atom. The molecule has 0 atom stereocenters. The van der Waals surface area contributed by atoms with Crippen LogP contribution in [0.5, 0.6) is 0 Å². The zero-order valence-electron chi connectivity index (χ0n) is 10.5. The lowest BCUT2D eigenvalue weighted by Crippen LogP contribution is -2.22. The SMILES string of the molecule is CN(C)S(=O)(=O)c1cccc(CSc2nncs2)c1. The van der Waals surface area contributed by atoms with Crippen LogP contribution in [0.25, 0.3) is 0 Å². The molecule has 0 amide bonds. The molecular formula is C11H13N3O2S3. The highest BCUT2D eigenvalue weighted by molar-refractivity contribution is 8.00. The summed E-state index contributed by atoms with van der Waals surface area (Å²) < 4.78 is 26.1. The molecule has 19 heavy (non-hydrogen) atoms. The molecule has 0 radical (unpaired) electrons. The fraction of sp³-hybridized carbons (Fsp3) is 0.273. The van der Waals surface area contributed by atoms with Gasteiger partial charge in [-0.25, -0.2) is 12.7 Å². The molecule has 0 unspecified atom stereocenters. The standard InChI is InChI=1S/C11H13N3O2S3/c1-14(2)19(15,16)10-5-3-4-9(6-10)7-17-11-13-12-8-18-11/h3-6,8H,7H2,1-2H3. The lowest BCUT2D eigenvalue weighted by Gasteiger charge is -2.12. The number of rotatable bonds is 5. The molecule has 2 aromatic rings. The Kier molecular flexibility index (Phi) is 4.56. The van der Waals surface area contributed by atoms with E-state index in [0.717, 1.165) is 9.90 Å². The van der Waals surface area contributed by atoms with Gasteiger partial charge in [0, 0.05) is 19.8 Å². The van der Waals surface area contributed by atoms with Crippen molar-refractivity contribution < 1.29 is 8.42 Å². The highest BCUT2D eigenvalue weighted by atomic mass is 32.2. The Morgan fingerprint density at radius 3 is 2.79 bits per heavy atom. The van der Waals surface area contributed by atoms with Crippen molar-refractivity contribution in [1.29, 1.82) is 0 Å². The summed E-state index contributed by atoms with van der Waals surface area (Å²) in [5.74, 6) is 0.673. The van der Waals surface area contributed by atoms with Gasteiger partial charge in [-0.05, 0) is 17.7 Å². The van der Waals surface area contributed by atoms with E-state index in [-0.39, 0.29) is 0 Å². The molecule has 1 aromatic heterocycles. The summed E-state index contributed by atoms with van der Waals surface area (Å²) in [6, 6.07) is 6.97. The van der Waals surface area contributed by atoms with E-state index in [9.17, 15) is 8.42 Å². The normalized spacial score (nSPS) is 11.9. The number of sulfonamides is 1. The van der Waals surface area contributed by atoms with Crippen LogP contribution in [0, 0.1) is 0 Å². The van der Waals surface area contributed by atoms with E-state index in [1.54, 1.807) is 35.5 Å². The quantitative estimate of drug-likeness (QED) is 0.791. The molecule has 0 aliphatic heterocycles. The topological polar surface area (TPSA) is 63.2 Å². The van der Waals surface area contributed by atoms with Crippen molar-refractivity contribution in [1.82, 2.24) is 14.5 Å². The van der Waals surface area contributed by atoms with Gasteiger partial charge in [0.2, 0.25) is 10.0 Å². The van der Waals surface area contributed by atoms with Crippen LogP contribution in [0.3, 0.4) is 0 Å². The van der Waals surface area contributed by atoms with Crippen molar-refractivity contribution in [2.24, 2.45) is 0 Å². The summed E-state index contributed by atoms with van der Waals surface area (Å²) >= 11 is 3.02. The van der Waals surface area contributed by atoms with Gasteiger partial charge in [-0.2, -0.15) is 0 Å². The molecular weight excluding hydrogens is 302 g/mol. The highest BCUT2D eigenvalue weighted by Gasteiger charge is 2.17. The molecule has 0 aliphatic rings. The van der Waals surface area contributed by atoms with E-state index < -0.39 is 10.0 Å². The molecule has 0 aliphatic carbocycles. The van der Waals surface area contributed by atoms with Crippen LogP contribution in [0.15, 0.2) is 39.0 Å². The molecule has 0 saturated carbocycles. The summed E-state index contributed by atoms with van der Waals surface area (Å²) in [5, 5.41) is 7.70. The molecule has 0 spiro atoms. The summed E-state index contributed by atoms with van der Waals surface area (Å²) in [6.45, 7) is 0. The van der Waals surface area contributed by atoms with Crippen molar-refractivity contribution in [2.45, 2.75) is 15.0 Å². The number of thioether (sulfide) groups is 1. The van der Waals surface area contributed by atoms with Crippen LogP contribution in [-0.4, -0.2) is 37.0 Å². The molecule has 0 bridgehead atoms. The van der Waals surface area contributed by atoms with Gasteiger partial charge >= 0.3 is 0 Å². The predicted octanol–water partition coefficient (Wildman–Crippen LogP) is 2.08. The molecule has 1 aromatic carbocycles. The van der Waals surface area contributed by atoms with E-state index in [1.165, 1.54) is 29.7 Å². The first-order valence-electron chi connectivity index (χ1n) is 5.40. The largest absolute Gasteiger partial charge is 0.242 e. The van der Waals surface area contributed by atoms with E-state index >= 15 is 0 Å². The molecule has 2 rings (SSSR count). The Morgan fingerprint density at radius 1 is 1.37 bits per heavy atom. The van der Waals surface area contributed by atoms with Gasteiger partial charge in [-0.1, -0.05) is 35.2 Å². The number of hydrogen-bond acceptors (Lipinski definition) is 6. The number of nitrogens with zero attached hydrogens (tertiary/aromatic N) is 3. The van der Waals surface area contributed by atoms with Crippen LogP contribution in [0.2, 0.25) is 0 Å². The average molecular weight is 315 g/mol. The molecule has 8 heteroatoms. The van der Waals surface area contributed by atoms with Gasteiger partial charge in [-0.15, -0.1) is 10.2 Å². The Hall–Kier alpha value is -0.960. The lowest BCUT2D eigenvalue weighted by atomic mass is 10.2. The highest BCUT2D eigenvalue weighted by Crippen LogP contribution is 2.25. The summed E-state index contributed by atoms with van der Waals surface area (Å²) in [6.07, 6.45) is 0. The van der Waals surface area contributed by atoms with Crippen molar-refractivity contribution in [3.63, 3.8) is 0 Å². The molecule has 102 valence electrons. The second-order valence-corrected chi connectivity index (χ2v) is 8.14. The molecule has 0 saturated heterocycles. The van der Waals surface area contributed by atoms with Crippen molar-refractivity contribution in [3.05, 3.63) is 35.3 Å². The molecule has 1 heterocycles. The first-order chi connectivity index (χ1) is 9.00. The average Bonchev–Trinajstić information content (AvgIpc) is 2.89. The Balaban J connectivity index is 2.16. The Bertz CT molecular complexity index is 639. The van der Waals surface area contributed by atoms with Crippen LogP contribution in [-0.2, 0) is 15.8 Å². The number of benzene rings is 1. The van der Waals surface area contributed by atoms with Gasteiger partial charge < -0.3 is 0 Å². The second-order valence-electron chi connectivity index (χ2n) is 3.93. The van der Waals surface area contributed by atoms with Gasteiger partial charge in [0.25, 0.3) is 0 Å². The maximum absolute atomic E-state index is 12.0. The molecule has 0 N–H and O–H groups in total. The maximum Gasteiger partial charge on any atom is 0.242 e. The fourth-order valence-electron chi connectivity index (χ4n) is 1.38. The zero-order valence-corrected chi connectivity index (χ0v) is 12.9. The van der Waals surface area contributed by atoms with Crippen LogP contribution >= 0.6 is 23.1 Å². The third-order valence-electron chi connectivity index (χ3n) is 2.38. The first-order valence-corrected chi connectivity index (χ1v) is 8.71. The summed E-state index contributed by atoms with van der Waals surface area (Å²) in [7, 11) is -0.321. The smallest absolute Gasteiger partial charge is 0.207 e. The Labute approximate surface area is 120 Å². The predicted molar refractivity (Wildman–Crippen MR) is 76.8 cm³/mol. The van der Waals surface area contributed by atoms with E-state index in [4.69, 9.17) is 0 Å². The zero-order chi connectivity index (χ0) is 13.9. The monoisotopic (exact) mass is 315 g/mol. The molecule has 0 fully saturated rings. The van der Waals surface area contributed by atoms with Crippen molar-refractivity contribution in [2.75, 3.05) is 14.1 Å². The van der Waals surface area contributed by atoms with Crippen molar-refractivity contribution in [3.8, 4) is 0 Å². The van der Waals surface area contributed by atoms with Crippen LogP contribution < -0.4 is 0 Å². The number of hydrogen-bond donors (Lipinski definition) is 0. The minimum absolute atomic E-state index is 0.313. The third kappa shape index (κ3) is 3.53. The van der Waals surface area contributed by atoms with Gasteiger partial charge in [0.05, 0.1) is 4.90 Å². The van der Waals surface area contributed by atoms with Crippen LogP contribution in [0.1, 0.15) is 5.56 Å². The fourth-order valence-corrected chi connectivity index (χ4v) is 3.78. The lowest BCUT2D eigenvalue weighted by molar-refractivity contribution is 0.520. The van der Waals surface area contributed by atoms with Crippen molar-refractivity contribution >= 4 is 33.1 Å². The third-order valence-corrected chi connectivity index (χ3v) is 6.12. The summed E-state index contributed by atoms with van der Waals surface area (Å²) in [5.41, 5.74) is 2.62.